The highest BCUT2D eigenvalue weighted by atomic mass is 32.2. The van der Waals surface area contributed by atoms with Crippen LogP contribution in [0.4, 0.5) is 0 Å². The lowest BCUT2D eigenvalue weighted by Crippen LogP contribution is -2.30. The van der Waals surface area contributed by atoms with Gasteiger partial charge in [-0.2, -0.15) is 0 Å². The predicted molar refractivity (Wildman–Crippen MR) is 75.1 cm³/mol. The van der Waals surface area contributed by atoms with Gasteiger partial charge in [-0.05, 0) is 38.0 Å². The van der Waals surface area contributed by atoms with Crippen LogP contribution in [0.5, 0.6) is 0 Å². The molecule has 1 aromatic carbocycles. The van der Waals surface area contributed by atoms with E-state index >= 15 is 0 Å². The number of hydrogen-bond donors (Lipinski definition) is 0. The second-order valence-electron chi connectivity index (χ2n) is 4.67. The number of benzene rings is 1. The summed E-state index contributed by atoms with van der Waals surface area (Å²) < 4.78 is 17.8. The van der Waals surface area contributed by atoms with E-state index in [1.807, 2.05) is 36.4 Å². The van der Waals surface area contributed by atoms with Crippen molar-refractivity contribution in [2.75, 3.05) is 7.11 Å². The topological polar surface area (TPSA) is 43.4 Å². The SMILES string of the molecule is CO[C@H]1C=C(S(=O)c2ccccc2)CC[C@H]1C(C)=O. The van der Waals surface area contributed by atoms with Crippen LogP contribution in [0.2, 0.25) is 0 Å². The molecular formula is C15H18O3S. The van der Waals surface area contributed by atoms with E-state index in [9.17, 15) is 9.00 Å². The van der Waals surface area contributed by atoms with Gasteiger partial charge in [0.2, 0.25) is 0 Å². The lowest BCUT2D eigenvalue weighted by atomic mass is 9.88. The van der Waals surface area contributed by atoms with E-state index in [4.69, 9.17) is 4.74 Å². The van der Waals surface area contributed by atoms with Crippen LogP contribution in [0.1, 0.15) is 19.8 Å². The molecule has 0 fully saturated rings. The number of allylic oxidation sites excluding steroid dienone is 1. The Kier molecular flexibility index (Phi) is 4.66. The van der Waals surface area contributed by atoms with Gasteiger partial charge in [-0.3, -0.25) is 4.79 Å². The molecule has 0 aliphatic heterocycles. The predicted octanol–water partition coefficient (Wildman–Crippen LogP) is 2.69. The van der Waals surface area contributed by atoms with Crippen LogP contribution in [0.25, 0.3) is 0 Å². The molecule has 1 aliphatic carbocycles. The van der Waals surface area contributed by atoms with Gasteiger partial charge in [0.25, 0.3) is 0 Å². The van der Waals surface area contributed by atoms with E-state index < -0.39 is 10.8 Å². The highest BCUT2D eigenvalue weighted by Gasteiger charge is 2.30. The van der Waals surface area contributed by atoms with Crippen molar-refractivity contribution in [3.05, 3.63) is 41.3 Å². The average Bonchev–Trinajstić information content (AvgIpc) is 2.46. The molecule has 0 saturated heterocycles. The third-order valence-corrected chi connectivity index (χ3v) is 4.96. The van der Waals surface area contributed by atoms with Crippen LogP contribution in [0.3, 0.4) is 0 Å². The van der Waals surface area contributed by atoms with Crippen LogP contribution < -0.4 is 0 Å². The maximum atomic E-state index is 12.4. The van der Waals surface area contributed by atoms with E-state index in [0.29, 0.717) is 12.8 Å². The summed E-state index contributed by atoms with van der Waals surface area (Å²) in [5.74, 6) is 0.0224. The van der Waals surface area contributed by atoms with Crippen LogP contribution in [0.15, 0.2) is 46.2 Å². The Morgan fingerprint density at radius 1 is 1.32 bits per heavy atom. The summed E-state index contributed by atoms with van der Waals surface area (Å²) in [4.78, 5) is 13.2. The van der Waals surface area contributed by atoms with E-state index in [-0.39, 0.29) is 17.8 Å². The normalized spacial score (nSPS) is 24.6. The fourth-order valence-corrected chi connectivity index (χ4v) is 3.63. The van der Waals surface area contributed by atoms with Gasteiger partial charge in [0.15, 0.2) is 0 Å². The molecule has 0 amide bonds. The molecule has 19 heavy (non-hydrogen) atoms. The Morgan fingerprint density at radius 2 is 2.00 bits per heavy atom. The molecule has 2 rings (SSSR count). The number of rotatable bonds is 4. The van der Waals surface area contributed by atoms with Gasteiger partial charge in [0, 0.05) is 22.8 Å². The molecule has 4 heteroatoms. The Labute approximate surface area is 116 Å². The molecule has 0 N–H and O–H groups in total. The number of carbonyl (C=O) groups excluding carboxylic acids is 1. The molecule has 1 aliphatic rings. The van der Waals surface area contributed by atoms with Gasteiger partial charge in [0.1, 0.15) is 5.78 Å². The van der Waals surface area contributed by atoms with Crippen molar-refractivity contribution >= 4 is 16.6 Å². The van der Waals surface area contributed by atoms with Gasteiger partial charge < -0.3 is 4.74 Å². The minimum absolute atomic E-state index is 0.110. The Morgan fingerprint density at radius 3 is 2.58 bits per heavy atom. The largest absolute Gasteiger partial charge is 0.377 e. The fraction of sp³-hybridized carbons (Fsp3) is 0.400. The highest BCUT2D eigenvalue weighted by Crippen LogP contribution is 2.30. The maximum Gasteiger partial charge on any atom is 0.135 e. The summed E-state index contributed by atoms with van der Waals surface area (Å²) in [6.07, 6.45) is 3.00. The van der Waals surface area contributed by atoms with E-state index in [1.54, 1.807) is 14.0 Å². The lowest BCUT2D eigenvalue weighted by Gasteiger charge is -2.27. The first-order chi connectivity index (χ1) is 9.13. The van der Waals surface area contributed by atoms with Crippen molar-refractivity contribution in [2.45, 2.75) is 30.8 Å². The average molecular weight is 278 g/mol. The number of hydrogen-bond acceptors (Lipinski definition) is 3. The van der Waals surface area contributed by atoms with E-state index in [2.05, 4.69) is 0 Å². The smallest absolute Gasteiger partial charge is 0.135 e. The summed E-state index contributed by atoms with van der Waals surface area (Å²) >= 11 is 0. The minimum Gasteiger partial charge on any atom is -0.377 e. The van der Waals surface area contributed by atoms with Crippen LogP contribution >= 0.6 is 0 Å². The summed E-state index contributed by atoms with van der Waals surface area (Å²) in [6, 6.07) is 9.37. The molecule has 0 aromatic heterocycles. The number of carbonyl (C=O) groups is 1. The number of methoxy groups -OCH3 is 1. The molecule has 1 unspecified atom stereocenters. The zero-order valence-electron chi connectivity index (χ0n) is 11.2. The number of ketones is 1. The van der Waals surface area contributed by atoms with Gasteiger partial charge in [-0.25, -0.2) is 4.21 Å². The Bertz CT molecular complexity index is 507. The molecular weight excluding hydrogens is 260 g/mol. The first-order valence-electron chi connectivity index (χ1n) is 6.34. The Hall–Kier alpha value is -1.26. The zero-order chi connectivity index (χ0) is 13.8. The third kappa shape index (κ3) is 3.19. The molecule has 0 spiro atoms. The minimum atomic E-state index is -1.15. The van der Waals surface area contributed by atoms with Crippen molar-refractivity contribution in [1.29, 1.82) is 0 Å². The highest BCUT2D eigenvalue weighted by molar-refractivity contribution is 7.89. The summed E-state index contributed by atoms with van der Waals surface area (Å²) in [7, 11) is 0.438. The van der Waals surface area contributed by atoms with Crippen molar-refractivity contribution in [1.82, 2.24) is 0 Å². The molecule has 1 aromatic rings. The molecule has 3 atom stereocenters. The monoisotopic (exact) mass is 278 g/mol. The second kappa shape index (κ2) is 6.26. The molecule has 102 valence electrons. The first-order valence-corrected chi connectivity index (χ1v) is 7.49. The standard InChI is InChI=1S/C15H18O3S/c1-11(16)14-9-8-13(10-15(14)18-2)19(17)12-6-4-3-5-7-12/h3-7,10,14-15H,8-9H2,1-2H3/t14-,15-,19?/m0/s1. The molecule has 0 saturated carbocycles. The second-order valence-corrected chi connectivity index (χ2v) is 6.20. The van der Waals surface area contributed by atoms with Gasteiger partial charge in [-0.1, -0.05) is 18.2 Å². The van der Waals surface area contributed by atoms with Crippen molar-refractivity contribution < 1.29 is 13.7 Å². The third-order valence-electron chi connectivity index (χ3n) is 3.44. The summed E-state index contributed by atoms with van der Waals surface area (Å²) in [6.45, 7) is 1.59. The summed E-state index contributed by atoms with van der Waals surface area (Å²) in [5.41, 5.74) is 0. The number of Topliss-reactive ketones (excluding diaryl/α,β-unsaturated/α-hetero) is 1. The molecule has 0 bridgehead atoms. The summed E-state index contributed by atoms with van der Waals surface area (Å²) in [5, 5.41) is 0. The van der Waals surface area contributed by atoms with Crippen molar-refractivity contribution in [2.24, 2.45) is 5.92 Å². The quantitative estimate of drug-likeness (QED) is 0.850. The van der Waals surface area contributed by atoms with E-state index in [0.717, 1.165) is 9.80 Å². The van der Waals surface area contributed by atoms with E-state index in [1.165, 1.54) is 0 Å². The maximum absolute atomic E-state index is 12.4. The molecule has 0 heterocycles. The van der Waals surface area contributed by atoms with Gasteiger partial charge in [-0.15, -0.1) is 0 Å². The molecule has 0 radical (unpaired) electrons. The lowest BCUT2D eigenvalue weighted by molar-refractivity contribution is -0.124. The van der Waals surface area contributed by atoms with Crippen LogP contribution in [-0.2, 0) is 20.3 Å². The van der Waals surface area contributed by atoms with Crippen molar-refractivity contribution in [3.63, 3.8) is 0 Å². The van der Waals surface area contributed by atoms with Gasteiger partial charge >= 0.3 is 0 Å². The van der Waals surface area contributed by atoms with Crippen molar-refractivity contribution in [3.8, 4) is 0 Å². The van der Waals surface area contributed by atoms with Crippen LogP contribution in [-0.4, -0.2) is 23.2 Å². The number of ether oxygens (including phenoxy) is 1. The van der Waals surface area contributed by atoms with Crippen LogP contribution in [0, 0.1) is 5.92 Å². The zero-order valence-corrected chi connectivity index (χ0v) is 12.0. The fourth-order valence-electron chi connectivity index (χ4n) is 2.36. The first kappa shape index (κ1) is 14.2. The Balaban J connectivity index is 2.22. The van der Waals surface area contributed by atoms with Gasteiger partial charge in [0.05, 0.1) is 16.9 Å². The molecule has 3 nitrogen and oxygen atoms in total.